The number of hydrogen-bond acceptors (Lipinski definition) is 6. The van der Waals surface area contributed by atoms with Crippen LogP contribution in [0.1, 0.15) is 10.4 Å². The van der Waals surface area contributed by atoms with Gasteiger partial charge in [-0.1, -0.05) is 0 Å². The molecule has 0 aliphatic carbocycles. The van der Waals surface area contributed by atoms with Crippen molar-refractivity contribution in [1.29, 1.82) is 0 Å². The van der Waals surface area contributed by atoms with Crippen LogP contribution in [0.4, 0.5) is 0 Å². The van der Waals surface area contributed by atoms with E-state index in [0.29, 0.717) is 24.7 Å². The first-order valence-corrected chi connectivity index (χ1v) is 8.73. The highest BCUT2D eigenvalue weighted by atomic mass is 32.2. The summed E-state index contributed by atoms with van der Waals surface area (Å²) in [7, 11) is 1.12. The molecular formula is C14H21N3O5S. The molecule has 1 aliphatic rings. The van der Waals surface area contributed by atoms with Gasteiger partial charge < -0.3 is 14.8 Å². The predicted octanol–water partition coefficient (Wildman–Crippen LogP) is -0.274. The second-order valence-corrected chi connectivity index (χ2v) is 7.76. The maximum atomic E-state index is 12.2. The zero-order chi connectivity index (χ0) is 17.0. The molecule has 1 fully saturated rings. The summed E-state index contributed by atoms with van der Waals surface area (Å²) >= 11 is 0. The van der Waals surface area contributed by atoms with Crippen LogP contribution in [0.2, 0.25) is 0 Å². The van der Waals surface area contributed by atoms with Gasteiger partial charge in [0.1, 0.15) is 0 Å². The Kier molecular flexibility index (Phi) is 5.55. The van der Waals surface area contributed by atoms with Crippen LogP contribution in [-0.2, 0) is 14.8 Å². The average Bonchev–Trinajstić information content (AvgIpc) is 2.93. The van der Waals surface area contributed by atoms with Crippen LogP contribution in [0.3, 0.4) is 0 Å². The maximum absolute atomic E-state index is 12.2. The van der Waals surface area contributed by atoms with Crippen molar-refractivity contribution < 1.29 is 22.7 Å². The molecule has 1 N–H and O–H groups in total. The van der Waals surface area contributed by atoms with E-state index in [1.54, 1.807) is 12.1 Å². The SMILES string of the molecule is COc1ccc(C(=O)N[C@H]2COC[C@H]2CS(=O)(=O)N(C)C)cn1. The number of nitrogens with zero attached hydrogens (tertiary/aromatic N) is 2. The Balaban J connectivity index is 2.01. The lowest BCUT2D eigenvalue weighted by molar-refractivity contribution is 0.0925. The van der Waals surface area contributed by atoms with Gasteiger partial charge in [0, 0.05) is 32.3 Å². The average molecular weight is 343 g/mol. The summed E-state index contributed by atoms with van der Waals surface area (Å²) in [4.78, 5) is 16.2. The van der Waals surface area contributed by atoms with E-state index >= 15 is 0 Å². The topological polar surface area (TPSA) is 97.8 Å². The molecule has 0 unspecified atom stereocenters. The lowest BCUT2D eigenvalue weighted by Gasteiger charge is -2.21. The van der Waals surface area contributed by atoms with E-state index in [2.05, 4.69) is 10.3 Å². The van der Waals surface area contributed by atoms with Crippen LogP contribution in [0.15, 0.2) is 18.3 Å². The molecule has 1 aromatic heterocycles. The molecule has 1 aliphatic heterocycles. The van der Waals surface area contributed by atoms with Crippen molar-refractivity contribution in [1.82, 2.24) is 14.6 Å². The molecule has 0 spiro atoms. The Morgan fingerprint density at radius 1 is 1.43 bits per heavy atom. The molecule has 1 amide bonds. The molecule has 2 atom stereocenters. The number of carbonyl (C=O) groups excluding carboxylic acids is 1. The number of nitrogens with one attached hydrogen (secondary N) is 1. The number of ether oxygens (including phenoxy) is 2. The fraction of sp³-hybridized carbons (Fsp3) is 0.571. The molecule has 0 radical (unpaired) electrons. The normalized spacial score (nSPS) is 21.4. The summed E-state index contributed by atoms with van der Waals surface area (Å²) in [6, 6.07) is 2.84. The van der Waals surface area contributed by atoms with Crippen molar-refractivity contribution in [2.24, 2.45) is 5.92 Å². The Hall–Kier alpha value is -1.71. The van der Waals surface area contributed by atoms with Gasteiger partial charge in [0.05, 0.1) is 37.7 Å². The molecule has 0 bridgehead atoms. The van der Waals surface area contributed by atoms with Gasteiger partial charge in [0.25, 0.3) is 5.91 Å². The highest BCUT2D eigenvalue weighted by molar-refractivity contribution is 7.89. The van der Waals surface area contributed by atoms with Crippen LogP contribution in [0.5, 0.6) is 5.88 Å². The van der Waals surface area contributed by atoms with Gasteiger partial charge in [0.15, 0.2) is 0 Å². The lowest BCUT2D eigenvalue weighted by atomic mass is 10.1. The minimum absolute atomic E-state index is 0.0637. The summed E-state index contributed by atoms with van der Waals surface area (Å²) in [5, 5.41) is 2.82. The molecule has 0 aromatic carbocycles. The fourth-order valence-corrected chi connectivity index (χ4v) is 3.40. The lowest BCUT2D eigenvalue weighted by Crippen LogP contribution is -2.43. The van der Waals surface area contributed by atoms with E-state index in [4.69, 9.17) is 9.47 Å². The second kappa shape index (κ2) is 7.24. The number of methoxy groups -OCH3 is 1. The van der Waals surface area contributed by atoms with E-state index in [1.807, 2.05) is 0 Å². The minimum Gasteiger partial charge on any atom is -0.481 e. The van der Waals surface area contributed by atoms with Gasteiger partial charge >= 0.3 is 0 Å². The van der Waals surface area contributed by atoms with Gasteiger partial charge in [-0.2, -0.15) is 0 Å². The molecule has 8 nitrogen and oxygen atoms in total. The van der Waals surface area contributed by atoms with Crippen LogP contribution in [-0.4, -0.2) is 69.8 Å². The summed E-state index contributed by atoms with van der Waals surface area (Å²) in [6.07, 6.45) is 1.41. The van der Waals surface area contributed by atoms with Crippen molar-refractivity contribution in [2.45, 2.75) is 6.04 Å². The van der Waals surface area contributed by atoms with Gasteiger partial charge in [-0.25, -0.2) is 17.7 Å². The molecule has 1 saturated heterocycles. The van der Waals surface area contributed by atoms with Gasteiger partial charge in [-0.15, -0.1) is 0 Å². The van der Waals surface area contributed by atoms with Gasteiger partial charge in [-0.3, -0.25) is 4.79 Å². The number of sulfonamides is 1. The largest absolute Gasteiger partial charge is 0.481 e. The molecule has 23 heavy (non-hydrogen) atoms. The first-order valence-electron chi connectivity index (χ1n) is 7.12. The Labute approximate surface area is 135 Å². The van der Waals surface area contributed by atoms with Crippen LogP contribution in [0, 0.1) is 5.92 Å². The van der Waals surface area contributed by atoms with Crippen LogP contribution in [0.25, 0.3) is 0 Å². The third-order valence-corrected chi connectivity index (χ3v) is 5.67. The Morgan fingerprint density at radius 2 is 2.17 bits per heavy atom. The smallest absolute Gasteiger partial charge is 0.253 e. The van der Waals surface area contributed by atoms with Crippen molar-refractivity contribution >= 4 is 15.9 Å². The van der Waals surface area contributed by atoms with Crippen molar-refractivity contribution in [2.75, 3.05) is 40.2 Å². The first kappa shape index (κ1) is 17.6. The second-order valence-electron chi connectivity index (χ2n) is 5.53. The summed E-state index contributed by atoms with van der Waals surface area (Å²) in [5.41, 5.74) is 0.381. The van der Waals surface area contributed by atoms with Crippen molar-refractivity contribution in [3.8, 4) is 5.88 Å². The summed E-state index contributed by atoms with van der Waals surface area (Å²) < 4.78 is 35.4. The number of carbonyl (C=O) groups is 1. The molecular weight excluding hydrogens is 322 g/mol. The highest BCUT2D eigenvalue weighted by Gasteiger charge is 2.34. The Bertz CT molecular complexity index is 645. The van der Waals surface area contributed by atoms with Crippen molar-refractivity contribution in [3.63, 3.8) is 0 Å². The molecule has 0 saturated carbocycles. The minimum atomic E-state index is -3.35. The number of pyridine rings is 1. The molecule has 2 rings (SSSR count). The Morgan fingerprint density at radius 3 is 2.74 bits per heavy atom. The predicted molar refractivity (Wildman–Crippen MR) is 83.8 cm³/mol. The van der Waals surface area contributed by atoms with Gasteiger partial charge in [0.2, 0.25) is 15.9 Å². The number of aromatic nitrogens is 1. The standard InChI is InChI=1S/C14H21N3O5S/c1-17(2)23(19,20)9-11-7-22-8-12(11)16-14(18)10-4-5-13(21-3)15-6-10/h4-6,11-12H,7-9H2,1-3H3,(H,16,18)/t11-,12-/m0/s1. The fourth-order valence-electron chi connectivity index (χ4n) is 2.23. The number of rotatable bonds is 6. The molecule has 128 valence electrons. The zero-order valence-electron chi connectivity index (χ0n) is 13.4. The van der Waals surface area contributed by atoms with Gasteiger partial charge in [-0.05, 0) is 6.07 Å². The van der Waals surface area contributed by atoms with Crippen LogP contribution < -0.4 is 10.1 Å². The van der Waals surface area contributed by atoms with Crippen molar-refractivity contribution in [3.05, 3.63) is 23.9 Å². The first-order chi connectivity index (χ1) is 10.8. The number of hydrogen-bond donors (Lipinski definition) is 1. The zero-order valence-corrected chi connectivity index (χ0v) is 14.2. The summed E-state index contributed by atoms with van der Waals surface area (Å²) in [5.74, 6) is -0.243. The van der Waals surface area contributed by atoms with E-state index in [0.717, 1.165) is 0 Å². The van der Waals surface area contributed by atoms with E-state index < -0.39 is 10.0 Å². The molecule has 9 heteroatoms. The molecule has 2 heterocycles. The number of amides is 1. The van der Waals surface area contributed by atoms with E-state index in [9.17, 15) is 13.2 Å². The quantitative estimate of drug-likeness (QED) is 0.763. The third kappa shape index (κ3) is 4.40. The summed E-state index contributed by atoms with van der Waals surface area (Å²) in [6.45, 7) is 0.599. The van der Waals surface area contributed by atoms with E-state index in [-0.39, 0.29) is 23.6 Å². The molecule has 1 aromatic rings. The monoisotopic (exact) mass is 343 g/mol. The van der Waals surface area contributed by atoms with E-state index in [1.165, 1.54) is 31.7 Å². The third-order valence-electron chi connectivity index (χ3n) is 3.70. The van der Waals surface area contributed by atoms with Crippen LogP contribution >= 0.6 is 0 Å². The highest BCUT2D eigenvalue weighted by Crippen LogP contribution is 2.18. The maximum Gasteiger partial charge on any atom is 0.253 e.